The molecule has 2 heterocycles. The van der Waals surface area contributed by atoms with Gasteiger partial charge in [-0.15, -0.1) is 0 Å². The standard InChI is InChI=1S/C16H20ClNO3/c1-2-3-4-5-9-18-14-12(7-6-8-13(14)17)16(15(18)19)20-10-11-21-16/h6-8H,2-5,9-11H2,1H3. The number of hydrogen-bond donors (Lipinski definition) is 0. The Hall–Kier alpha value is -1.10. The van der Waals surface area contributed by atoms with Crippen LogP contribution in [0.5, 0.6) is 0 Å². The number of fused-ring (bicyclic) bond motifs is 2. The molecule has 1 aromatic rings. The molecule has 0 atom stereocenters. The van der Waals surface area contributed by atoms with E-state index < -0.39 is 5.79 Å². The Morgan fingerprint density at radius 1 is 1.24 bits per heavy atom. The Kier molecular flexibility index (Phi) is 4.20. The van der Waals surface area contributed by atoms with Gasteiger partial charge in [0.2, 0.25) is 0 Å². The Bertz CT molecular complexity index is 540. The smallest absolute Gasteiger partial charge is 0.292 e. The molecule has 21 heavy (non-hydrogen) atoms. The summed E-state index contributed by atoms with van der Waals surface area (Å²) < 4.78 is 11.4. The quantitative estimate of drug-likeness (QED) is 0.782. The highest BCUT2D eigenvalue weighted by molar-refractivity contribution is 6.35. The van der Waals surface area contributed by atoms with E-state index in [1.54, 1.807) is 11.0 Å². The van der Waals surface area contributed by atoms with Gasteiger partial charge < -0.3 is 14.4 Å². The van der Waals surface area contributed by atoms with Crippen molar-refractivity contribution >= 4 is 23.2 Å². The van der Waals surface area contributed by atoms with Crippen molar-refractivity contribution in [2.75, 3.05) is 24.7 Å². The number of nitrogens with zero attached hydrogens (tertiary/aromatic N) is 1. The molecular formula is C16H20ClNO3. The first-order chi connectivity index (χ1) is 10.2. The second-order valence-corrected chi connectivity index (χ2v) is 5.87. The van der Waals surface area contributed by atoms with Crippen LogP contribution in [0.25, 0.3) is 0 Å². The van der Waals surface area contributed by atoms with Gasteiger partial charge in [0.05, 0.1) is 23.9 Å². The minimum absolute atomic E-state index is 0.139. The zero-order valence-electron chi connectivity index (χ0n) is 12.2. The van der Waals surface area contributed by atoms with Gasteiger partial charge in [-0.25, -0.2) is 0 Å². The molecule has 114 valence electrons. The van der Waals surface area contributed by atoms with Crippen LogP contribution in [0.2, 0.25) is 5.02 Å². The third kappa shape index (κ3) is 2.35. The maximum Gasteiger partial charge on any atom is 0.292 e. The lowest BCUT2D eigenvalue weighted by Gasteiger charge is -2.22. The van der Waals surface area contributed by atoms with Crippen LogP contribution >= 0.6 is 11.6 Å². The minimum Gasteiger partial charge on any atom is -0.336 e. The maximum absolute atomic E-state index is 12.8. The number of para-hydroxylation sites is 1. The molecule has 0 N–H and O–H groups in total. The van der Waals surface area contributed by atoms with Gasteiger partial charge in [-0.3, -0.25) is 4.79 Å². The number of rotatable bonds is 5. The van der Waals surface area contributed by atoms with Crippen molar-refractivity contribution < 1.29 is 14.3 Å². The van der Waals surface area contributed by atoms with E-state index in [-0.39, 0.29) is 5.91 Å². The molecule has 1 saturated heterocycles. The van der Waals surface area contributed by atoms with Crippen molar-refractivity contribution in [1.82, 2.24) is 0 Å². The third-order valence-corrected chi connectivity index (χ3v) is 4.37. The van der Waals surface area contributed by atoms with Crippen LogP contribution in [-0.4, -0.2) is 25.7 Å². The predicted molar refractivity (Wildman–Crippen MR) is 81.5 cm³/mol. The molecule has 1 spiro atoms. The number of benzene rings is 1. The number of carbonyl (C=O) groups is 1. The van der Waals surface area contributed by atoms with E-state index in [1.165, 1.54) is 12.8 Å². The number of ether oxygens (including phenoxy) is 2. The summed E-state index contributed by atoms with van der Waals surface area (Å²) in [6, 6.07) is 5.51. The molecule has 0 unspecified atom stereocenters. The van der Waals surface area contributed by atoms with Crippen molar-refractivity contribution in [3.05, 3.63) is 28.8 Å². The topological polar surface area (TPSA) is 38.8 Å². The van der Waals surface area contributed by atoms with E-state index in [0.29, 0.717) is 24.8 Å². The highest BCUT2D eigenvalue weighted by Crippen LogP contribution is 2.48. The Labute approximate surface area is 130 Å². The third-order valence-electron chi connectivity index (χ3n) is 4.07. The summed E-state index contributed by atoms with van der Waals surface area (Å²) in [4.78, 5) is 14.6. The average molecular weight is 310 g/mol. The van der Waals surface area contributed by atoms with Gasteiger partial charge in [-0.05, 0) is 12.5 Å². The Balaban J connectivity index is 1.90. The van der Waals surface area contributed by atoms with E-state index in [2.05, 4.69) is 6.92 Å². The first kappa shape index (κ1) is 14.8. The summed E-state index contributed by atoms with van der Waals surface area (Å²) >= 11 is 6.33. The second-order valence-electron chi connectivity index (χ2n) is 5.47. The zero-order chi connectivity index (χ0) is 14.9. The fraction of sp³-hybridized carbons (Fsp3) is 0.562. The van der Waals surface area contributed by atoms with Gasteiger partial charge in [0, 0.05) is 12.1 Å². The molecule has 5 heteroatoms. The number of carbonyl (C=O) groups excluding carboxylic acids is 1. The first-order valence-corrected chi connectivity index (χ1v) is 7.97. The molecule has 3 rings (SSSR count). The lowest BCUT2D eigenvalue weighted by molar-refractivity contribution is -0.180. The van der Waals surface area contributed by atoms with E-state index >= 15 is 0 Å². The molecule has 0 aliphatic carbocycles. The lowest BCUT2D eigenvalue weighted by atomic mass is 10.1. The van der Waals surface area contributed by atoms with Gasteiger partial charge in [0.25, 0.3) is 11.7 Å². The number of anilines is 1. The largest absolute Gasteiger partial charge is 0.336 e. The lowest BCUT2D eigenvalue weighted by Crippen LogP contribution is -2.41. The van der Waals surface area contributed by atoms with Crippen LogP contribution < -0.4 is 4.90 Å². The van der Waals surface area contributed by atoms with E-state index in [4.69, 9.17) is 21.1 Å². The fourth-order valence-electron chi connectivity index (χ4n) is 3.05. The van der Waals surface area contributed by atoms with Crippen LogP contribution in [0.3, 0.4) is 0 Å². The molecule has 0 radical (unpaired) electrons. The Morgan fingerprint density at radius 2 is 2.00 bits per heavy atom. The number of halogens is 1. The molecule has 2 aliphatic heterocycles. The van der Waals surface area contributed by atoms with Crippen LogP contribution in [0.1, 0.15) is 38.2 Å². The molecule has 0 aromatic heterocycles. The van der Waals surface area contributed by atoms with Crippen molar-refractivity contribution in [1.29, 1.82) is 0 Å². The summed E-state index contributed by atoms with van der Waals surface area (Å²) in [5, 5.41) is 0.576. The van der Waals surface area contributed by atoms with E-state index in [1.807, 2.05) is 12.1 Å². The molecule has 0 saturated carbocycles. The summed E-state index contributed by atoms with van der Waals surface area (Å²) in [5.74, 6) is -1.40. The predicted octanol–water partition coefficient (Wildman–Crippen LogP) is 3.47. The SMILES string of the molecule is CCCCCCN1C(=O)C2(OCCO2)c2cccc(Cl)c21. The molecule has 4 nitrogen and oxygen atoms in total. The highest BCUT2D eigenvalue weighted by Gasteiger charge is 2.56. The number of unbranched alkanes of at least 4 members (excludes halogenated alkanes) is 3. The van der Waals surface area contributed by atoms with Crippen molar-refractivity contribution in [3.8, 4) is 0 Å². The van der Waals surface area contributed by atoms with E-state index in [9.17, 15) is 4.79 Å². The van der Waals surface area contributed by atoms with E-state index in [0.717, 1.165) is 24.1 Å². The molecule has 1 amide bonds. The molecule has 0 bridgehead atoms. The van der Waals surface area contributed by atoms with Gasteiger partial charge >= 0.3 is 0 Å². The van der Waals surface area contributed by atoms with Gasteiger partial charge in [0.1, 0.15) is 0 Å². The van der Waals surface area contributed by atoms with Gasteiger partial charge in [-0.1, -0.05) is 49.9 Å². The molecule has 1 fully saturated rings. The second kappa shape index (κ2) is 5.95. The fourth-order valence-corrected chi connectivity index (χ4v) is 3.33. The first-order valence-electron chi connectivity index (χ1n) is 7.59. The van der Waals surface area contributed by atoms with Gasteiger partial charge in [0.15, 0.2) is 0 Å². The highest BCUT2D eigenvalue weighted by atomic mass is 35.5. The Morgan fingerprint density at radius 3 is 2.71 bits per heavy atom. The van der Waals surface area contributed by atoms with Crippen molar-refractivity contribution in [2.24, 2.45) is 0 Å². The van der Waals surface area contributed by atoms with Crippen molar-refractivity contribution in [2.45, 2.75) is 38.4 Å². The molecule has 1 aromatic carbocycles. The van der Waals surface area contributed by atoms with Crippen molar-refractivity contribution in [3.63, 3.8) is 0 Å². The van der Waals surface area contributed by atoms with Crippen LogP contribution in [0, 0.1) is 0 Å². The summed E-state index contributed by atoms with van der Waals surface area (Å²) in [7, 11) is 0. The van der Waals surface area contributed by atoms with Crippen LogP contribution in [0.15, 0.2) is 18.2 Å². The minimum atomic E-state index is -1.26. The molecule has 2 aliphatic rings. The summed E-state index contributed by atoms with van der Waals surface area (Å²) in [5.41, 5.74) is 1.50. The normalized spacial score (nSPS) is 19.5. The summed E-state index contributed by atoms with van der Waals surface area (Å²) in [6.45, 7) is 3.69. The average Bonchev–Trinajstić information content (AvgIpc) is 3.05. The number of amides is 1. The zero-order valence-corrected chi connectivity index (χ0v) is 13.0. The van der Waals surface area contributed by atoms with Gasteiger partial charge in [-0.2, -0.15) is 0 Å². The maximum atomic E-state index is 12.8. The number of hydrogen-bond acceptors (Lipinski definition) is 3. The summed E-state index contributed by atoms with van der Waals surface area (Å²) in [6.07, 6.45) is 4.41. The van der Waals surface area contributed by atoms with Crippen LogP contribution in [-0.2, 0) is 20.1 Å². The molecular weight excluding hydrogens is 290 g/mol. The monoisotopic (exact) mass is 309 g/mol. The van der Waals surface area contributed by atoms with Crippen LogP contribution in [0.4, 0.5) is 5.69 Å².